The highest BCUT2D eigenvalue weighted by atomic mass is 31.2. The number of esters is 4. The van der Waals surface area contributed by atoms with E-state index in [2.05, 4.69) is 48.5 Å². The number of carbonyl (C=O) groups excluding carboxylic acids is 4. The van der Waals surface area contributed by atoms with Crippen molar-refractivity contribution < 1.29 is 80.2 Å². The first-order chi connectivity index (χ1) is 40.8. The van der Waals surface area contributed by atoms with Gasteiger partial charge < -0.3 is 33.8 Å². The summed E-state index contributed by atoms with van der Waals surface area (Å²) >= 11 is 0. The number of ether oxygens (including phenoxy) is 4. The second-order valence-electron chi connectivity index (χ2n) is 25.1. The Hall–Kier alpha value is -1.94. The third-order valence-corrected chi connectivity index (χ3v) is 17.4. The van der Waals surface area contributed by atoms with E-state index < -0.39 is 97.5 Å². The van der Waals surface area contributed by atoms with Crippen molar-refractivity contribution in [3.8, 4) is 0 Å². The van der Waals surface area contributed by atoms with E-state index >= 15 is 0 Å². The van der Waals surface area contributed by atoms with Crippen LogP contribution < -0.4 is 0 Å². The molecule has 0 saturated carbocycles. The monoisotopic (exact) mass is 1250 g/mol. The van der Waals surface area contributed by atoms with E-state index in [9.17, 15) is 43.2 Å². The Morgan fingerprint density at radius 3 is 0.894 bits per heavy atom. The van der Waals surface area contributed by atoms with E-state index in [1.165, 1.54) is 128 Å². The van der Waals surface area contributed by atoms with Crippen LogP contribution in [0.4, 0.5) is 0 Å². The van der Waals surface area contributed by atoms with Crippen LogP contribution in [0.25, 0.3) is 0 Å². The van der Waals surface area contributed by atoms with Gasteiger partial charge in [-0.3, -0.25) is 37.3 Å². The lowest BCUT2D eigenvalue weighted by molar-refractivity contribution is -0.161. The zero-order chi connectivity index (χ0) is 63.1. The average molecular weight is 1260 g/mol. The van der Waals surface area contributed by atoms with Crippen molar-refractivity contribution in [2.75, 3.05) is 39.6 Å². The molecule has 0 aromatic rings. The summed E-state index contributed by atoms with van der Waals surface area (Å²) in [5, 5.41) is 10.5. The van der Waals surface area contributed by atoms with Crippen molar-refractivity contribution in [2.24, 2.45) is 17.8 Å². The van der Waals surface area contributed by atoms with Crippen molar-refractivity contribution in [3.63, 3.8) is 0 Å². The van der Waals surface area contributed by atoms with E-state index in [0.29, 0.717) is 25.7 Å². The van der Waals surface area contributed by atoms with Gasteiger partial charge in [0.15, 0.2) is 12.2 Å². The van der Waals surface area contributed by atoms with Crippen molar-refractivity contribution >= 4 is 39.5 Å². The van der Waals surface area contributed by atoms with Gasteiger partial charge in [0.25, 0.3) is 0 Å². The van der Waals surface area contributed by atoms with Gasteiger partial charge in [-0.25, -0.2) is 9.13 Å². The molecule has 17 nitrogen and oxygen atoms in total. The van der Waals surface area contributed by atoms with Crippen LogP contribution in [0.1, 0.15) is 325 Å². The first kappa shape index (κ1) is 83.1. The lowest BCUT2D eigenvalue weighted by Crippen LogP contribution is -2.30. The molecule has 0 aromatic carbocycles. The Balaban J connectivity index is 5.18. The lowest BCUT2D eigenvalue weighted by Gasteiger charge is -2.21. The predicted molar refractivity (Wildman–Crippen MR) is 340 cm³/mol. The zero-order valence-electron chi connectivity index (χ0n) is 55.1. The minimum absolute atomic E-state index is 0.104. The molecule has 3 unspecified atom stereocenters. The standard InChI is InChI=1S/C66H128O17P2/c1-8-10-11-30-40-47-63(68)76-53-61(82-66(71)50-43-36-29-23-22-26-33-39-46-59(7)9-2)55-80-84(72,73)78-51-60(67)52-79-85(74,75)81-56-62(54-77-64(69)48-41-34-27-21-17-19-25-32-38-45-58(5)6)83-65(70)49-42-35-28-20-16-14-12-13-15-18-24-31-37-44-57(3)4/h57-62,67H,8-56H2,1-7H3,(H,72,73)(H,74,75)/t59?,60-,61+,62+/m0/s1. The van der Waals surface area contributed by atoms with Gasteiger partial charge in [0, 0.05) is 25.7 Å². The van der Waals surface area contributed by atoms with Crippen molar-refractivity contribution in [2.45, 2.75) is 343 Å². The number of hydrogen-bond acceptors (Lipinski definition) is 15. The predicted octanol–water partition coefficient (Wildman–Crippen LogP) is 18.3. The molecule has 0 aliphatic rings. The van der Waals surface area contributed by atoms with Crippen molar-refractivity contribution in [1.82, 2.24) is 0 Å². The van der Waals surface area contributed by atoms with E-state index in [0.717, 1.165) is 114 Å². The highest BCUT2D eigenvalue weighted by molar-refractivity contribution is 7.47. The number of phosphoric acid groups is 2. The van der Waals surface area contributed by atoms with Gasteiger partial charge in [0.2, 0.25) is 0 Å². The molecule has 0 radical (unpaired) electrons. The quantitative estimate of drug-likeness (QED) is 0.0222. The first-order valence-electron chi connectivity index (χ1n) is 34.4. The summed E-state index contributed by atoms with van der Waals surface area (Å²) in [6.45, 7) is 11.7. The summed E-state index contributed by atoms with van der Waals surface area (Å²) in [6, 6.07) is 0. The molecule has 504 valence electrons. The fourth-order valence-corrected chi connectivity index (χ4v) is 11.4. The molecule has 0 heterocycles. The number of rotatable bonds is 64. The SMILES string of the molecule is CCCCCCCC(=O)OC[C@H](COP(=O)(O)OC[C@H](O)COP(=O)(O)OC[C@@H](COC(=O)CCCCCCCCCCCC(C)C)OC(=O)CCCCCCCCCCCCCCCC(C)C)OC(=O)CCCCCCCCCCC(C)CC. The number of unbranched alkanes of at least 4 members (excludes halogenated alkanes) is 31. The molecular weight excluding hydrogens is 1130 g/mol. The molecule has 0 spiro atoms. The molecule has 0 aromatic heterocycles. The van der Waals surface area contributed by atoms with Crippen LogP contribution in [0.3, 0.4) is 0 Å². The van der Waals surface area contributed by atoms with Gasteiger partial charge in [0.1, 0.15) is 19.3 Å². The summed E-state index contributed by atoms with van der Waals surface area (Å²) in [5.74, 6) is 0.156. The van der Waals surface area contributed by atoms with Gasteiger partial charge >= 0.3 is 39.5 Å². The maximum atomic E-state index is 13.0. The topological polar surface area (TPSA) is 237 Å². The molecule has 19 heteroatoms. The molecule has 3 N–H and O–H groups in total. The molecular formula is C66H128O17P2. The van der Waals surface area contributed by atoms with Gasteiger partial charge in [-0.2, -0.15) is 0 Å². The number of hydrogen-bond donors (Lipinski definition) is 3. The lowest BCUT2D eigenvalue weighted by atomic mass is 9.99. The summed E-state index contributed by atoms with van der Waals surface area (Å²) in [5.41, 5.74) is 0. The maximum absolute atomic E-state index is 13.0. The van der Waals surface area contributed by atoms with E-state index in [4.69, 9.17) is 37.0 Å². The van der Waals surface area contributed by atoms with E-state index in [1.54, 1.807) is 0 Å². The van der Waals surface area contributed by atoms with Crippen molar-refractivity contribution in [1.29, 1.82) is 0 Å². The molecule has 0 bridgehead atoms. The largest absolute Gasteiger partial charge is 0.472 e. The van der Waals surface area contributed by atoms with Crippen LogP contribution in [0, 0.1) is 17.8 Å². The Morgan fingerprint density at radius 1 is 0.341 bits per heavy atom. The van der Waals surface area contributed by atoms with Crippen LogP contribution in [0.2, 0.25) is 0 Å². The van der Waals surface area contributed by atoms with Gasteiger partial charge in [-0.05, 0) is 43.4 Å². The van der Waals surface area contributed by atoms with Crippen LogP contribution in [-0.2, 0) is 65.4 Å². The average Bonchev–Trinajstić information content (AvgIpc) is 3.61. The van der Waals surface area contributed by atoms with E-state index in [-0.39, 0.29) is 25.7 Å². The summed E-state index contributed by atoms with van der Waals surface area (Å²) in [6.07, 6.45) is 39.2. The fourth-order valence-electron chi connectivity index (χ4n) is 9.80. The molecule has 0 aliphatic heterocycles. The second kappa shape index (κ2) is 57.2. The molecule has 0 aliphatic carbocycles. The molecule has 85 heavy (non-hydrogen) atoms. The zero-order valence-corrected chi connectivity index (χ0v) is 56.9. The normalized spacial score (nSPS) is 14.6. The second-order valence-corrected chi connectivity index (χ2v) is 28.0. The molecule has 0 fully saturated rings. The Morgan fingerprint density at radius 2 is 0.600 bits per heavy atom. The summed E-state index contributed by atoms with van der Waals surface area (Å²) in [7, 11) is -9.89. The molecule has 0 saturated heterocycles. The Kier molecular flexibility index (Phi) is 55.9. The highest BCUT2D eigenvalue weighted by Crippen LogP contribution is 2.45. The summed E-state index contributed by atoms with van der Waals surface area (Å²) in [4.78, 5) is 72.1. The van der Waals surface area contributed by atoms with E-state index in [1.807, 2.05) is 0 Å². The number of aliphatic hydroxyl groups is 1. The number of carbonyl (C=O) groups is 4. The molecule has 0 rings (SSSR count). The van der Waals surface area contributed by atoms with Crippen LogP contribution in [-0.4, -0.2) is 96.7 Å². The number of phosphoric ester groups is 2. The third-order valence-electron chi connectivity index (χ3n) is 15.5. The van der Waals surface area contributed by atoms with Crippen LogP contribution >= 0.6 is 15.6 Å². The van der Waals surface area contributed by atoms with Crippen molar-refractivity contribution in [3.05, 3.63) is 0 Å². The van der Waals surface area contributed by atoms with Crippen LogP contribution in [0.5, 0.6) is 0 Å². The van der Waals surface area contributed by atoms with Gasteiger partial charge in [0.05, 0.1) is 26.4 Å². The fraction of sp³-hybridized carbons (Fsp3) is 0.939. The highest BCUT2D eigenvalue weighted by Gasteiger charge is 2.30. The summed E-state index contributed by atoms with van der Waals surface area (Å²) < 4.78 is 67.9. The van der Waals surface area contributed by atoms with Gasteiger partial charge in [-0.15, -0.1) is 0 Å². The number of aliphatic hydroxyl groups excluding tert-OH is 1. The third kappa shape index (κ3) is 59.5. The first-order valence-corrected chi connectivity index (χ1v) is 37.4. The smallest absolute Gasteiger partial charge is 0.462 e. The minimum Gasteiger partial charge on any atom is -0.462 e. The minimum atomic E-state index is -4.95. The Labute approximate surface area is 517 Å². The molecule has 6 atom stereocenters. The Bertz CT molecular complexity index is 1680. The molecule has 0 amide bonds. The maximum Gasteiger partial charge on any atom is 0.472 e. The van der Waals surface area contributed by atoms with Crippen LogP contribution in [0.15, 0.2) is 0 Å². The van der Waals surface area contributed by atoms with Gasteiger partial charge in [-0.1, -0.05) is 273 Å².